The van der Waals surface area contributed by atoms with Crippen LogP contribution in [0.3, 0.4) is 0 Å². The lowest BCUT2D eigenvalue weighted by Crippen LogP contribution is -2.30. The van der Waals surface area contributed by atoms with E-state index < -0.39 is 0 Å². The molecule has 1 amide bonds. The van der Waals surface area contributed by atoms with Crippen LogP contribution in [0.2, 0.25) is 0 Å². The molecule has 0 saturated carbocycles. The van der Waals surface area contributed by atoms with Gasteiger partial charge in [0.1, 0.15) is 5.82 Å². The molecular formula is C14H16FNO. The summed E-state index contributed by atoms with van der Waals surface area (Å²) in [7, 11) is 0. The van der Waals surface area contributed by atoms with Crippen molar-refractivity contribution in [1.29, 1.82) is 0 Å². The Labute approximate surface area is 101 Å². The topological polar surface area (TPSA) is 29.1 Å². The first kappa shape index (κ1) is 11.8. The number of hydrogen-bond donors (Lipinski definition) is 1. The molecule has 0 fully saturated rings. The average Bonchev–Trinajstić information content (AvgIpc) is 2.39. The highest BCUT2D eigenvalue weighted by Gasteiger charge is 2.17. The molecule has 0 heterocycles. The monoisotopic (exact) mass is 233 g/mol. The molecule has 0 saturated heterocycles. The van der Waals surface area contributed by atoms with Gasteiger partial charge < -0.3 is 5.32 Å². The molecule has 2 nitrogen and oxygen atoms in total. The van der Waals surface area contributed by atoms with Gasteiger partial charge in [0, 0.05) is 12.5 Å². The predicted octanol–water partition coefficient (Wildman–Crippen LogP) is 2.80. The van der Waals surface area contributed by atoms with E-state index in [4.69, 9.17) is 0 Å². The van der Waals surface area contributed by atoms with Crippen LogP contribution < -0.4 is 5.32 Å². The number of nitrogens with one attached hydrogen (secondary N) is 1. The van der Waals surface area contributed by atoms with E-state index in [1.807, 2.05) is 0 Å². The number of hydrogen-bond acceptors (Lipinski definition) is 1. The van der Waals surface area contributed by atoms with Gasteiger partial charge in [0.05, 0.1) is 0 Å². The van der Waals surface area contributed by atoms with E-state index in [0.717, 1.165) is 24.8 Å². The molecule has 1 aromatic carbocycles. The second-order valence-electron chi connectivity index (χ2n) is 4.33. The highest BCUT2D eigenvalue weighted by molar-refractivity contribution is 5.78. The fraction of sp³-hybridized carbons (Fsp3) is 0.357. The lowest BCUT2D eigenvalue weighted by Gasteiger charge is -2.17. The van der Waals surface area contributed by atoms with E-state index in [1.165, 1.54) is 12.1 Å². The molecule has 0 radical (unpaired) electrons. The molecule has 0 spiro atoms. The van der Waals surface area contributed by atoms with Gasteiger partial charge in [-0.25, -0.2) is 4.39 Å². The summed E-state index contributed by atoms with van der Waals surface area (Å²) in [6.45, 7) is 0.472. The number of amides is 1. The summed E-state index contributed by atoms with van der Waals surface area (Å²) in [4.78, 5) is 11.8. The largest absolute Gasteiger partial charge is 0.352 e. The molecule has 1 aromatic rings. The van der Waals surface area contributed by atoms with Crippen LogP contribution in [-0.2, 0) is 11.3 Å². The minimum absolute atomic E-state index is 0.0960. The highest BCUT2D eigenvalue weighted by Crippen LogP contribution is 2.18. The number of carbonyl (C=O) groups excluding carboxylic acids is 1. The molecule has 17 heavy (non-hydrogen) atoms. The van der Waals surface area contributed by atoms with Crippen LogP contribution in [0.15, 0.2) is 36.4 Å². The van der Waals surface area contributed by atoms with Crippen molar-refractivity contribution in [3.05, 3.63) is 47.8 Å². The van der Waals surface area contributed by atoms with E-state index >= 15 is 0 Å². The molecule has 2 rings (SSSR count). The van der Waals surface area contributed by atoms with Gasteiger partial charge in [-0.1, -0.05) is 24.3 Å². The third-order valence-electron chi connectivity index (χ3n) is 3.02. The summed E-state index contributed by atoms with van der Waals surface area (Å²) in [6, 6.07) is 6.20. The maximum absolute atomic E-state index is 12.7. The normalized spacial score (nSPS) is 19.0. The van der Waals surface area contributed by atoms with Crippen molar-refractivity contribution < 1.29 is 9.18 Å². The Morgan fingerprint density at radius 2 is 2.06 bits per heavy atom. The third-order valence-corrected chi connectivity index (χ3v) is 3.02. The zero-order chi connectivity index (χ0) is 12.1. The van der Waals surface area contributed by atoms with E-state index in [1.54, 1.807) is 12.1 Å². The first-order valence-electron chi connectivity index (χ1n) is 5.93. The summed E-state index contributed by atoms with van der Waals surface area (Å²) in [5.41, 5.74) is 0.922. The molecule has 0 bridgehead atoms. The average molecular weight is 233 g/mol. The van der Waals surface area contributed by atoms with Gasteiger partial charge in [0.15, 0.2) is 0 Å². The molecule has 1 aliphatic carbocycles. The van der Waals surface area contributed by atoms with Gasteiger partial charge >= 0.3 is 0 Å². The zero-order valence-electron chi connectivity index (χ0n) is 9.66. The van der Waals surface area contributed by atoms with E-state index in [9.17, 15) is 9.18 Å². The summed E-state index contributed by atoms with van der Waals surface area (Å²) < 4.78 is 12.7. The smallest absolute Gasteiger partial charge is 0.223 e. The predicted molar refractivity (Wildman–Crippen MR) is 64.7 cm³/mol. The number of carbonyl (C=O) groups is 1. The van der Waals surface area contributed by atoms with Crippen molar-refractivity contribution >= 4 is 5.91 Å². The second kappa shape index (κ2) is 5.62. The van der Waals surface area contributed by atoms with E-state index in [-0.39, 0.29) is 17.6 Å². The van der Waals surface area contributed by atoms with Crippen LogP contribution in [-0.4, -0.2) is 5.91 Å². The molecule has 90 valence electrons. The number of benzene rings is 1. The second-order valence-corrected chi connectivity index (χ2v) is 4.33. The van der Waals surface area contributed by atoms with Gasteiger partial charge in [0.2, 0.25) is 5.91 Å². The Morgan fingerprint density at radius 1 is 1.29 bits per heavy atom. The van der Waals surface area contributed by atoms with Crippen molar-refractivity contribution in [2.45, 2.75) is 25.8 Å². The van der Waals surface area contributed by atoms with E-state index in [2.05, 4.69) is 17.5 Å². The molecular weight excluding hydrogens is 217 g/mol. The minimum Gasteiger partial charge on any atom is -0.352 e. The quantitative estimate of drug-likeness (QED) is 0.799. The number of rotatable bonds is 3. The molecule has 0 unspecified atom stereocenters. The third kappa shape index (κ3) is 3.41. The van der Waals surface area contributed by atoms with Crippen molar-refractivity contribution in [3.8, 4) is 0 Å². The van der Waals surface area contributed by atoms with Crippen LogP contribution in [0.4, 0.5) is 4.39 Å². The molecule has 0 aromatic heterocycles. The Hall–Kier alpha value is -1.64. The standard InChI is InChI=1S/C14H16FNO/c15-13-8-6-11(7-9-13)10-16-14(17)12-4-2-1-3-5-12/h1-2,6-9,12H,3-5,10H2,(H,16,17)/t12-/m1/s1. The van der Waals surface area contributed by atoms with Gasteiger partial charge in [-0.15, -0.1) is 0 Å². The Bertz CT molecular complexity index is 411. The molecule has 0 aliphatic heterocycles. The van der Waals surface area contributed by atoms with Gasteiger partial charge in [-0.3, -0.25) is 4.79 Å². The zero-order valence-corrected chi connectivity index (χ0v) is 9.66. The van der Waals surface area contributed by atoms with Gasteiger partial charge in [-0.05, 0) is 37.0 Å². The summed E-state index contributed by atoms with van der Waals surface area (Å²) in [5.74, 6) is -0.0587. The van der Waals surface area contributed by atoms with Crippen LogP contribution in [0.1, 0.15) is 24.8 Å². The Balaban J connectivity index is 1.83. The lowest BCUT2D eigenvalue weighted by atomic mass is 9.93. The minimum atomic E-state index is -0.252. The van der Waals surface area contributed by atoms with Crippen LogP contribution in [0.5, 0.6) is 0 Å². The molecule has 1 atom stereocenters. The van der Waals surface area contributed by atoms with Gasteiger partial charge in [0.25, 0.3) is 0 Å². The fourth-order valence-electron chi connectivity index (χ4n) is 1.97. The van der Waals surface area contributed by atoms with Crippen molar-refractivity contribution in [1.82, 2.24) is 5.32 Å². The first-order chi connectivity index (χ1) is 8.25. The first-order valence-corrected chi connectivity index (χ1v) is 5.93. The fourth-order valence-corrected chi connectivity index (χ4v) is 1.97. The maximum Gasteiger partial charge on any atom is 0.223 e. The highest BCUT2D eigenvalue weighted by atomic mass is 19.1. The van der Waals surface area contributed by atoms with Gasteiger partial charge in [-0.2, -0.15) is 0 Å². The summed E-state index contributed by atoms with van der Waals surface area (Å²) in [6.07, 6.45) is 6.91. The maximum atomic E-state index is 12.7. The van der Waals surface area contributed by atoms with Crippen LogP contribution >= 0.6 is 0 Å². The number of allylic oxidation sites excluding steroid dienone is 2. The Kier molecular flexibility index (Phi) is 3.91. The molecule has 3 heteroatoms. The lowest BCUT2D eigenvalue weighted by molar-refractivity contribution is -0.125. The van der Waals surface area contributed by atoms with Crippen molar-refractivity contribution in [2.75, 3.05) is 0 Å². The van der Waals surface area contributed by atoms with E-state index in [0.29, 0.717) is 6.54 Å². The molecule has 1 aliphatic rings. The number of halogens is 1. The summed E-state index contributed by atoms with van der Waals surface area (Å²) in [5, 5.41) is 2.89. The Morgan fingerprint density at radius 3 is 2.71 bits per heavy atom. The SMILES string of the molecule is O=C(NCc1ccc(F)cc1)[C@@H]1CC=CCC1. The summed E-state index contributed by atoms with van der Waals surface area (Å²) >= 11 is 0. The van der Waals surface area contributed by atoms with Crippen LogP contribution in [0.25, 0.3) is 0 Å². The van der Waals surface area contributed by atoms with Crippen molar-refractivity contribution in [2.24, 2.45) is 5.92 Å². The molecule has 1 N–H and O–H groups in total. The van der Waals surface area contributed by atoms with Crippen molar-refractivity contribution in [3.63, 3.8) is 0 Å². The van der Waals surface area contributed by atoms with Crippen LogP contribution in [0, 0.1) is 11.7 Å².